The predicted molar refractivity (Wildman–Crippen MR) is 120 cm³/mol. The summed E-state index contributed by atoms with van der Waals surface area (Å²) >= 11 is 0. The molecule has 3 rings (SSSR count). The molecule has 2 aromatic rings. The maximum atomic E-state index is 10.7. The first-order valence-corrected chi connectivity index (χ1v) is 9.33. The minimum absolute atomic E-state index is 0. The van der Waals surface area contributed by atoms with Gasteiger partial charge in [0.25, 0.3) is 0 Å². The molecule has 1 aromatic heterocycles. The zero-order valence-corrected chi connectivity index (χ0v) is 18.5. The molecular formula is C20H30IN5O. The molecule has 27 heavy (non-hydrogen) atoms. The maximum Gasteiger partial charge on any atom is 0.193 e. The fraction of sp³-hybridized carbons (Fsp3) is 0.500. The molecule has 0 radical (unpaired) electrons. The van der Waals surface area contributed by atoms with Crippen LogP contribution in [0.25, 0.3) is 5.69 Å². The van der Waals surface area contributed by atoms with Crippen LogP contribution in [0.15, 0.2) is 47.7 Å². The first kappa shape index (κ1) is 21.7. The Kier molecular flexibility index (Phi) is 8.09. The van der Waals surface area contributed by atoms with Gasteiger partial charge in [-0.15, -0.1) is 24.0 Å². The number of rotatable bonds is 5. The number of benzene rings is 1. The second kappa shape index (κ2) is 10.1. The van der Waals surface area contributed by atoms with Crippen LogP contribution in [0.5, 0.6) is 0 Å². The van der Waals surface area contributed by atoms with Crippen molar-refractivity contribution in [3.63, 3.8) is 0 Å². The molecule has 0 aliphatic heterocycles. The second-order valence-corrected chi connectivity index (χ2v) is 7.17. The van der Waals surface area contributed by atoms with E-state index in [1.165, 1.54) is 6.42 Å². The number of hydrogen-bond acceptors (Lipinski definition) is 3. The molecule has 148 valence electrons. The highest BCUT2D eigenvalue weighted by Crippen LogP contribution is 2.27. The molecule has 7 heteroatoms. The van der Waals surface area contributed by atoms with Gasteiger partial charge in [0.2, 0.25) is 0 Å². The Hall–Kier alpha value is -1.61. The molecule has 1 fully saturated rings. The smallest absolute Gasteiger partial charge is 0.193 e. The largest absolute Gasteiger partial charge is 0.388 e. The molecule has 0 spiro atoms. The van der Waals surface area contributed by atoms with Crippen LogP contribution < -0.4 is 5.32 Å². The van der Waals surface area contributed by atoms with Crippen LogP contribution in [0.1, 0.15) is 37.7 Å². The summed E-state index contributed by atoms with van der Waals surface area (Å²) in [4.78, 5) is 6.41. The van der Waals surface area contributed by atoms with Crippen molar-refractivity contribution in [2.75, 3.05) is 20.6 Å². The van der Waals surface area contributed by atoms with Crippen LogP contribution >= 0.6 is 24.0 Å². The third kappa shape index (κ3) is 5.93. The first-order valence-electron chi connectivity index (χ1n) is 9.33. The maximum absolute atomic E-state index is 10.7. The Labute approximate surface area is 178 Å². The van der Waals surface area contributed by atoms with E-state index in [2.05, 4.69) is 20.3 Å². The predicted octanol–water partition coefficient (Wildman–Crippen LogP) is 3.19. The van der Waals surface area contributed by atoms with Gasteiger partial charge in [0.05, 0.1) is 17.5 Å². The lowest BCUT2D eigenvalue weighted by molar-refractivity contribution is 0.00819. The Morgan fingerprint density at radius 3 is 2.63 bits per heavy atom. The number of hydrogen-bond donors (Lipinski definition) is 2. The Balaban J connectivity index is 0.00000261. The fourth-order valence-corrected chi connectivity index (χ4v) is 3.53. The molecule has 0 amide bonds. The number of aliphatic imine (C=N–C) groups is 1. The van der Waals surface area contributed by atoms with Gasteiger partial charge in [-0.1, -0.05) is 37.5 Å². The average Bonchev–Trinajstić information content (AvgIpc) is 3.12. The highest BCUT2D eigenvalue weighted by atomic mass is 127. The van der Waals surface area contributed by atoms with E-state index < -0.39 is 5.60 Å². The molecular weight excluding hydrogens is 453 g/mol. The van der Waals surface area contributed by atoms with Gasteiger partial charge in [0.1, 0.15) is 0 Å². The minimum atomic E-state index is -0.604. The van der Waals surface area contributed by atoms with Crippen molar-refractivity contribution in [1.29, 1.82) is 0 Å². The lowest BCUT2D eigenvalue weighted by Crippen LogP contribution is -2.48. The van der Waals surface area contributed by atoms with Gasteiger partial charge in [-0.25, -0.2) is 4.68 Å². The van der Waals surface area contributed by atoms with Crippen molar-refractivity contribution >= 4 is 29.9 Å². The number of nitrogens with one attached hydrogen (secondary N) is 1. The van der Waals surface area contributed by atoms with Gasteiger partial charge >= 0.3 is 0 Å². The highest BCUT2D eigenvalue weighted by molar-refractivity contribution is 14.0. The normalized spacial score (nSPS) is 16.5. The molecule has 1 aromatic carbocycles. The molecule has 2 N–H and O–H groups in total. The van der Waals surface area contributed by atoms with Crippen molar-refractivity contribution < 1.29 is 5.11 Å². The first-order chi connectivity index (χ1) is 12.6. The number of aliphatic hydroxyl groups is 1. The van der Waals surface area contributed by atoms with Gasteiger partial charge in [0.15, 0.2) is 5.96 Å². The average molecular weight is 483 g/mol. The minimum Gasteiger partial charge on any atom is -0.388 e. The van der Waals surface area contributed by atoms with Crippen LogP contribution in [-0.2, 0) is 6.54 Å². The van der Waals surface area contributed by atoms with Crippen LogP contribution in [0.4, 0.5) is 0 Å². The summed E-state index contributed by atoms with van der Waals surface area (Å²) in [6, 6.07) is 10.1. The molecule has 0 saturated heterocycles. The topological polar surface area (TPSA) is 65.7 Å². The van der Waals surface area contributed by atoms with Gasteiger partial charge < -0.3 is 15.3 Å². The number of guanidine groups is 1. The van der Waals surface area contributed by atoms with Crippen LogP contribution in [0, 0.1) is 0 Å². The summed E-state index contributed by atoms with van der Waals surface area (Å²) in [5, 5.41) is 18.4. The fourth-order valence-electron chi connectivity index (χ4n) is 3.53. The van der Waals surface area contributed by atoms with Crippen LogP contribution in [0.3, 0.4) is 0 Å². The molecule has 1 aliphatic rings. The van der Waals surface area contributed by atoms with Gasteiger partial charge in [0, 0.05) is 38.9 Å². The summed E-state index contributed by atoms with van der Waals surface area (Å²) in [7, 11) is 3.78. The zero-order chi connectivity index (χ0) is 18.4. The van der Waals surface area contributed by atoms with Gasteiger partial charge in [-0.05, 0) is 25.0 Å². The molecule has 1 saturated carbocycles. The highest BCUT2D eigenvalue weighted by Gasteiger charge is 2.29. The number of para-hydroxylation sites is 1. The molecule has 0 atom stereocenters. The Bertz CT molecular complexity index is 725. The van der Waals surface area contributed by atoms with Gasteiger partial charge in [-0.2, -0.15) is 5.10 Å². The molecule has 1 aliphatic carbocycles. The van der Waals surface area contributed by atoms with Crippen molar-refractivity contribution in [3.8, 4) is 5.69 Å². The Morgan fingerprint density at radius 2 is 1.96 bits per heavy atom. The van der Waals surface area contributed by atoms with E-state index in [1.54, 1.807) is 7.05 Å². The number of nitrogens with zero attached hydrogens (tertiary/aromatic N) is 4. The second-order valence-electron chi connectivity index (χ2n) is 7.17. The van der Waals surface area contributed by atoms with E-state index in [1.807, 2.05) is 54.5 Å². The molecule has 0 bridgehead atoms. The summed E-state index contributed by atoms with van der Waals surface area (Å²) < 4.78 is 1.88. The summed E-state index contributed by atoms with van der Waals surface area (Å²) in [5.74, 6) is 0.788. The quantitative estimate of drug-likeness (QED) is 0.390. The van der Waals surface area contributed by atoms with E-state index in [0.717, 1.165) is 42.9 Å². The zero-order valence-electron chi connectivity index (χ0n) is 16.1. The Morgan fingerprint density at radius 1 is 1.26 bits per heavy atom. The van der Waals surface area contributed by atoms with Crippen molar-refractivity contribution in [2.45, 2.75) is 44.2 Å². The third-order valence-electron chi connectivity index (χ3n) is 5.01. The SMILES string of the molecule is CN=C(NCC1(O)CCCCC1)N(C)Cc1cnn(-c2ccccc2)c1.I. The molecule has 0 unspecified atom stereocenters. The lowest BCUT2D eigenvalue weighted by atomic mass is 9.85. The third-order valence-corrected chi connectivity index (χ3v) is 5.01. The molecule has 6 nitrogen and oxygen atoms in total. The lowest BCUT2D eigenvalue weighted by Gasteiger charge is -2.33. The summed E-state index contributed by atoms with van der Waals surface area (Å²) in [6.07, 6.45) is 9.08. The monoisotopic (exact) mass is 483 g/mol. The number of halogens is 1. The summed E-state index contributed by atoms with van der Waals surface area (Å²) in [6.45, 7) is 1.25. The van der Waals surface area contributed by atoms with Crippen LogP contribution in [-0.4, -0.2) is 52.0 Å². The molecule has 1 heterocycles. The van der Waals surface area contributed by atoms with E-state index in [0.29, 0.717) is 13.1 Å². The van der Waals surface area contributed by atoms with Crippen LogP contribution in [0.2, 0.25) is 0 Å². The standard InChI is InChI=1S/C20H29N5O.HI/c1-21-19(22-16-20(26)11-7-4-8-12-20)24(2)14-17-13-23-25(15-17)18-9-5-3-6-10-18;/h3,5-6,9-10,13,15,26H,4,7-8,11-12,14,16H2,1-2H3,(H,21,22);1H. The van der Waals surface area contributed by atoms with E-state index in [9.17, 15) is 5.11 Å². The van der Waals surface area contributed by atoms with Gasteiger partial charge in [-0.3, -0.25) is 4.99 Å². The van der Waals surface area contributed by atoms with E-state index in [-0.39, 0.29) is 24.0 Å². The van der Waals surface area contributed by atoms with Crippen molar-refractivity contribution in [1.82, 2.24) is 20.0 Å². The number of aromatic nitrogens is 2. The van der Waals surface area contributed by atoms with E-state index >= 15 is 0 Å². The van der Waals surface area contributed by atoms with Crippen molar-refractivity contribution in [3.05, 3.63) is 48.3 Å². The van der Waals surface area contributed by atoms with Crippen molar-refractivity contribution in [2.24, 2.45) is 4.99 Å². The van der Waals surface area contributed by atoms with E-state index in [4.69, 9.17) is 0 Å². The summed E-state index contributed by atoms with van der Waals surface area (Å²) in [5.41, 5.74) is 1.55.